The van der Waals surface area contributed by atoms with Crippen LogP contribution in [0.2, 0.25) is 5.02 Å². The first-order valence-electron chi connectivity index (χ1n) is 5.84. The predicted molar refractivity (Wildman–Crippen MR) is 70.6 cm³/mol. The highest BCUT2D eigenvalue weighted by molar-refractivity contribution is 6.32. The lowest BCUT2D eigenvalue weighted by atomic mass is 10.0. The molecule has 0 radical (unpaired) electrons. The van der Waals surface area contributed by atoms with Gasteiger partial charge in [0, 0.05) is 41.3 Å². The maximum Gasteiger partial charge on any atom is 0.0462 e. The molecule has 0 bridgehead atoms. The number of rotatable bonds is 3. The second-order valence-corrected chi connectivity index (χ2v) is 5.08. The number of hydrogen-bond donors (Lipinski definition) is 1. The topological polar surface area (TPSA) is 15.3 Å². The fraction of sp³-hybridized carbons (Fsp3) is 0.538. The van der Waals surface area contributed by atoms with Crippen LogP contribution in [0, 0.1) is 0 Å². The van der Waals surface area contributed by atoms with Crippen molar-refractivity contribution in [1.29, 1.82) is 0 Å². The van der Waals surface area contributed by atoms with Crippen LogP contribution in [0.4, 0.5) is 5.69 Å². The fourth-order valence-electron chi connectivity index (χ4n) is 2.51. The van der Waals surface area contributed by atoms with E-state index >= 15 is 0 Å². The van der Waals surface area contributed by atoms with E-state index < -0.39 is 0 Å². The van der Waals surface area contributed by atoms with Crippen LogP contribution in [0.3, 0.4) is 0 Å². The Labute approximate surface area is 103 Å². The van der Waals surface area contributed by atoms with Crippen molar-refractivity contribution in [3.63, 3.8) is 0 Å². The lowest BCUT2D eigenvalue weighted by Crippen LogP contribution is -2.31. The number of fused-ring (bicyclic) bond motifs is 1. The number of anilines is 1. The van der Waals surface area contributed by atoms with Crippen LogP contribution in [-0.4, -0.2) is 26.2 Å². The van der Waals surface area contributed by atoms with Crippen molar-refractivity contribution in [2.75, 3.05) is 25.0 Å². The van der Waals surface area contributed by atoms with E-state index in [9.17, 15) is 0 Å². The fourth-order valence-corrected chi connectivity index (χ4v) is 2.83. The van der Waals surface area contributed by atoms with Gasteiger partial charge in [0.1, 0.15) is 0 Å². The molecular weight excluding hydrogens is 220 g/mol. The lowest BCUT2D eigenvalue weighted by Gasteiger charge is -2.24. The van der Waals surface area contributed by atoms with Gasteiger partial charge >= 0.3 is 0 Å². The van der Waals surface area contributed by atoms with Crippen molar-refractivity contribution in [3.8, 4) is 0 Å². The van der Waals surface area contributed by atoms with Crippen molar-refractivity contribution in [1.82, 2.24) is 5.32 Å². The summed E-state index contributed by atoms with van der Waals surface area (Å²) in [5.41, 5.74) is 2.62. The molecule has 0 saturated heterocycles. The number of nitrogens with zero attached hydrogens (tertiary/aromatic N) is 1. The summed E-state index contributed by atoms with van der Waals surface area (Å²) in [4.78, 5) is 2.43. The van der Waals surface area contributed by atoms with Crippen LogP contribution in [0.1, 0.15) is 25.3 Å². The molecule has 0 aliphatic carbocycles. The molecule has 1 unspecified atom stereocenters. The van der Waals surface area contributed by atoms with E-state index in [1.165, 1.54) is 11.3 Å². The minimum absolute atomic E-state index is 0.510. The highest BCUT2D eigenvalue weighted by atomic mass is 35.5. The van der Waals surface area contributed by atoms with Gasteiger partial charge < -0.3 is 10.2 Å². The summed E-state index contributed by atoms with van der Waals surface area (Å²) < 4.78 is 0. The molecule has 1 atom stereocenters. The van der Waals surface area contributed by atoms with Gasteiger partial charge in [-0.05, 0) is 33.0 Å². The Morgan fingerprint density at radius 2 is 2.25 bits per heavy atom. The monoisotopic (exact) mass is 238 g/mol. The normalized spacial score (nSPS) is 19.3. The van der Waals surface area contributed by atoms with E-state index in [1.54, 1.807) is 0 Å². The first-order valence-corrected chi connectivity index (χ1v) is 6.22. The van der Waals surface area contributed by atoms with Gasteiger partial charge in [-0.2, -0.15) is 0 Å². The predicted octanol–water partition coefficient (Wildman–Crippen LogP) is 2.87. The van der Waals surface area contributed by atoms with Crippen LogP contribution in [-0.2, 0) is 0 Å². The Kier molecular flexibility index (Phi) is 3.41. The molecule has 1 aromatic rings. The quantitative estimate of drug-likeness (QED) is 0.871. The molecule has 88 valence electrons. The minimum Gasteiger partial charge on any atom is -0.368 e. The third-order valence-electron chi connectivity index (χ3n) is 3.24. The van der Waals surface area contributed by atoms with Crippen LogP contribution >= 0.6 is 11.6 Å². The zero-order chi connectivity index (χ0) is 11.7. The molecule has 1 aliphatic heterocycles. The average Bonchev–Trinajstić information content (AvgIpc) is 2.59. The molecule has 3 heteroatoms. The standard InChI is InChI=1S/C13H19ClN2/c1-9(2)16-8-10(7-15-3)13-11(14)5-4-6-12(13)16/h4-6,9-10,15H,7-8H2,1-3H3. The first kappa shape index (κ1) is 11.7. The van der Waals surface area contributed by atoms with Gasteiger partial charge in [-0.3, -0.25) is 0 Å². The molecule has 1 N–H and O–H groups in total. The zero-order valence-electron chi connectivity index (χ0n) is 10.1. The third-order valence-corrected chi connectivity index (χ3v) is 3.57. The van der Waals surface area contributed by atoms with Gasteiger partial charge in [0.2, 0.25) is 0 Å². The summed E-state index contributed by atoms with van der Waals surface area (Å²) in [6, 6.07) is 6.74. The maximum absolute atomic E-state index is 6.32. The van der Waals surface area contributed by atoms with Gasteiger partial charge in [0.05, 0.1) is 0 Å². The van der Waals surface area contributed by atoms with Gasteiger partial charge in [-0.25, -0.2) is 0 Å². The molecule has 2 nitrogen and oxygen atoms in total. The van der Waals surface area contributed by atoms with Gasteiger partial charge in [0.25, 0.3) is 0 Å². The Morgan fingerprint density at radius 3 is 2.88 bits per heavy atom. The molecule has 1 aromatic carbocycles. The molecule has 2 rings (SSSR count). The van der Waals surface area contributed by atoms with Crippen molar-refractivity contribution >= 4 is 17.3 Å². The van der Waals surface area contributed by atoms with Crippen LogP contribution in [0.5, 0.6) is 0 Å². The third kappa shape index (κ3) is 1.92. The van der Waals surface area contributed by atoms with E-state index in [4.69, 9.17) is 11.6 Å². The lowest BCUT2D eigenvalue weighted by molar-refractivity contribution is 0.611. The van der Waals surface area contributed by atoms with Crippen LogP contribution in [0.25, 0.3) is 0 Å². The van der Waals surface area contributed by atoms with Gasteiger partial charge in [-0.1, -0.05) is 17.7 Å². The van der Waals surface area contributed by atoms with Crippen molar-refractivity contribution in [2.45, 2.75) is 25.8 Å². The van der Waals surface area contributed by atoms with Crippen LogP contribution < -0.4 is 10.2 Å². The van der Waals surface area contributed by atoms with E-state index in [2.05, 4.69) is 30.1 Å². The summed E-state index contributed by atoms with van der Waals surface area (Å²) >= 11 is 6.32. The summed E-state index contributed by atoms with van der Waals surface area (Å²) in [5, 5.41) is 4.16. The molecule has 0 amide bonds. The SMILES string of the molecule is CNCC1CN(C(C)C)c2cccc(Cl)c21. The molecule has 0 saturated carbocycles. The first-order chi connectivity index (χ1) is 7.65. The second-order valence-electron chi connectivity index (χ2n) is 4.67. The number of hydrogen-bond acceptors (Lipinski definition) is 2. The number of halogens is 1. The number of likely N-dealkylation sites (N-methyl/N-ethyl adjacent to an activating group) is 1. The Morgan fingerprint density at radius 1 is 1.50 bits per heavy atom. The Hall–Kier alpha value is -0.730. The number of benzene rings is 1. The Bertz CT molecular complexity index is 376. The van der Waals surface area contributed by atoms with Crippen molar-refractivity contribution in [2.24, 2.45) is 0 Å². The summed E-state index contributed by atoms with van der Waals surface area (Å²) in [6.45, 7) is 6.51. The summed E-state index contributed by atoms with van der Waals surface area (Å²) in [5.74, 6) is 0.510. The largest absolute Gasteiger partial charge is 0.368 e. The van der Waals surface area contributed by atoms with Gasteiger partial charge in [0.15, 0.2) is 0 Å². The summed E-state index contributed by atoms with van der Waals surface area (Å²) in [7, 11) is 1.99. The molecule has 0 spiro atoms. The molecule has 1 heterocycles. The molecule has 16 heavy (non-hydrogen) atoms. The van der Waals surface area contributed by atoms with E-state index in [0.29, 0.717) is 12.0 Å². The second kappa shape index (κ2) is 4.64. The number of nitrogens with one attached hydrogen (secondary N) is 1. The average molecular weight is 239 g/mol. The summed E-state index contributed by atoms with van der Waals surface area (Å²) in [6.07, 6.45) is 0. The molecule has 0 aromatic heterocycles. The van der Waals surface area contributed by atoms with E-state index in [1.807, 2.05) is 19.2 Å². The van der Waals surface area contributed by atoms with E-state index in [0.717, 1.165) is 18.1 Å². The molecular formula is C13H19ClN2. The maximum atomic E-state index is 6.32. The van der Waals surface area contributed by atoms with E-state index in [-0.39, 0.29) is 0 Å². The van der Waals surface area contributed by atoms with Crippen LogP contribution in [0.15, 0.2) is 18.2 Å². The molecule has 0 fully saturated rings. The van der Waals surface area contributed by atoms with Gasteiger partial charge in [-0.15, -0.1) is 0 Å². The highest BCUT2D eigenvalue weighted by Crippen LogP contribution is 2.41. The minimum atomic E-state index is 0.510. The zero-order valence-corrected chi connectivity index (χ0v) is 10.9. The Balaban J connectivity index is 2.40. The highest BCUT2D eigenvalue weighted by Gasteiger charge is 2.31. The van der Waals surface area contributed by atoms with Crippen molar-refractivity contribution < 1.29 is 0 Å². The molecule has 1 aliphatic rings. The smallest absolute Gasteiger partial charge is 0.0462 e. The van der Waals surface area contributed by atoms with Crippen molar-refractivity contribution in [3.05, 3.63) is 28.8 Å².